The molecule has 2 aromatic carbocycles. The van der Waals surface area contributed by atoms with Crippen LogP contribution in [-0.4, -0.2) is 17.6 Å². The Morgan fingerprint density at radius 2 is 2.10 bits per heavy atom. The fourth-order valence-corrected chi connectivity index (χ4v) is 4.87. The molecule has 148 valence electrons. The molecule has 2 aromatic rings. The Bertz CT molecular complexity index is 1050. The van der Waals surface area contributed by atoms with Gasteiger partial charge in [0.15, 0.2) is 0 Å². The van der Waals surface area contributed by atoms with E-state index in [0.717, 1.165) is 31.8 Å². The lowest BCUT2D eigenvalue weighted by Gasteiger charge is -2.25. The van der Waals surface area contributed by atoms with Crippen molar-refractivity contribution >= 4 is 61.1 Å². The molecular weight excluding hydrogens is 518 g/mol. The number of nitrogens with one attached hydrogen (secondary N) is 2. The first-order valence-corrected chi connectivity index (χ1v) is 11.3. The first-order valence-electron chi connectivity index (χ1n) is 8.75. The van der Waals surface area contributed by atoms with Crippen LogP contribution in [0.4, 0.5) is 5.69 Å². The van der Waals surface area contributed by atoms with Crippen LogP contribution in [0.2, 0.25) is 0 Å². The minimum Gasteiger partial charge on any atom is -0.324 e. The zero-order valence-corrected chi connectivity index (χ0v) is 19.4. The third-order valence-corrected chi connectivity index (χ3v) is 6.52. The molecule has 0 spiro atoms. The van der Waals surface area contributed by atoms with E-state index in [2.05, 4.69) is 48.6 Å². The minimum absolute atomic E-state index is 0.0757. The van der Waals surface area contributed by atoms with Gasteiger partial charge in [0, 0.05) is 21.3 Å². The Balaban J connectivity index is 1.76. The second kappa shape index (κ2) is 9.61. The molecule has 8 heteroatoms. The van der Waals surface area contributed by atoms with Crippen molar-refractivity contribution < 1.29 is 9.59 Å². The number of halogens is 2. The molecular formula is C21H17Br2N3O2S. The van der Waals surface area contributed by atoms with Crippen molar-refractivity contribution in [1.82, 2.24) is 5.32 Å². The average molecular weight is 535 g/mol. The molecule has 0 saturated heterocycles. The van der Waals surface area contributed by atoms with E-state index in [9.17, 15) is 14.9 Å². The molecule has 29 heavy (non-hydrogen) atoms. The Morgan fingerprint density at radius 3 is 2.79 bits per heavy atom. The third kappa shape index (κ3) is 5.50. The van der Waals surface area contributed by atoms with Gasteiger partial charge in [0.1, 0.15) is 0 Å². The number of amides is 2. The van der Waals surface area contributed by atoms with E-state index in [0.29, 0.717) is 16.3 Å². The van der Waals surface area contributed by atoms with E-state index in [1.807, 2.05) is 49.4 Å². The summed E-state index contributed by atoms with van der Waals surface area (Å²) in [6, 6.07) is 15.5. The minimum atomic E-state index is -0.331. The average Bonchev–Trinajstić information content (AvgIpc) is 2.68. The van der Waals surface area contributed by atoms with Crippen LogP contribution in [0.15, 0.2) is 62.0 Å². The van der Waals surface area contributed by atoms with Gasteiger partial charge < -0.3 is 10.6 Å². The third-order valence-electron chi connectivity index (χ3n) is 4.35. The number of carbonyl (C=O) groups excluding carboxylic acids is 2. The van der Waals surface area contributed by atoms with Crippen LogP contribution in [0.25, 0.3) is 0 Å². The van der Waals surface area contributed by atoms with Crippen LogP contribution in [0.5, 0.6) is 0 Å². The van der Waals surface area contributed by atoms with E-state index in [1.54, 1.807) is 0 Å². The van der Waals surface area contributed by atoms with Crippen LogP contribution in [0.1, 0.15) is 23.5 Å². The summed E-state index contributed by atoms with van der Waals surface area (Å²) >= 11 is 8.03. The number of anilines is 1. The van der Waals surface area contributed by atoms with E-state index >= 15 is 0 Å². The maximum atomic E-state index is 12.4. The predicted molar refractivity (Wildman–Crippen MR) is 122 cm³/mol. The van der Waals surface area contributed by atoms with Gasteiger partial charge in [0.2, 0.25) is 11.8 Å². The molecule has 0 aromatic heterocycles. The molecule has 0 fully saturated rings. The van der Waals surface area contributed by atoms with Gasteiger partial charge in [-0.25, -0.2) is 0 Å². The summed E-state index contributed by atoms with van der Waals surface area (Å²) in [5.41, 5.74) is 3.11. The zero-order valence-electron chi connectivity index (χ0n) is 15.5. The normalized spacial score (nSPS) is 16.2. The number of nitrogens with zero attached hydrogens (tertiary/aromatic N) is 1. The Kier molecular flexibility index (Phi) is 7.17. The van der Waals surface area contributed by atoms with Gasteiger partial charge in [-0.2, -0.15) is 5.26 Å². The maximum absolute atomic E-state index is 12.4. The number of rotatable bonds is 5. The fraction of sp³-hybridized carbons (Fsp3) is 0.190. The van der Waals surface area contributed by atoms with Gasteiger partial charge in [-0.05, 0) is 58.2 Å². The molecule has 3 rings (SSSR count). The number of thioether (sulfide) groups is 1. The lowest BCUT2D eigenvalue weighted by Crippen LogP contribution is -2.31. The molecule has 0 saturated carbocycles. The topological polar surface area (TPSA) is 82.0 Å². The molecule has 0 unspecified atom stereocenters. The van der Waals surface area contributed by atoms with Crippen molar-refractivity contribution in [2.75, 3.05) is 11.1 Å². The smallest absolute Gasteiger partial charge is 0.234 e. The van der Waals surface area contributed by atoms with Crippen LogP contribution < -0.4 is 10.6 Å². The van der Waals surface area contributed by atoms with E-state index in [1.165, 1.54) is 0 Å². The van der Waals surface area contributed by atoms with Crippen LogP contribution in [-0.2, 0) is 9.59 Å². The fourth-order valence-electron chi connectivity index (χ4n) is 2.99. The van der Waals surface area contributed by atoms with Crippen molar-refractivity contribution in [2.45, 2.75) is 19.3 Å². The number of allylic oxidation sites excluding steroid dienone is 1. The number of hydrogen-bond donors (Lipinski definition) is 2. The van der Waals surface area contributed by atoms with Crippen molar-refractivity contribution in [1.29, 1.82) is 5.26 Å². The highest BCUT2D eigenvalue weighted by Crippen LogP contribution is 2.36. The molecule has 0 radical (unpaired) electrons. The highest BCUT2D eigenvalue weighted by atomic mass is 79.9. The first-order chi connectivity index (χ1) is 13.9. The van der Waals surface area contributed by atoms with Gasteiger partial charge in [-0.15, -0.1) is 0 Å². The van der Waals surface area contributed by atoms with Crippen molar-refractivity contribution in [3.05, 3.63) is 73.1 Å². The van der Waals surface area contributed by atoms with Crippen molar-refractivity contribution in [3.8, 4) is 6.07 Å². The summed E-state index contributed by atoms with van der Waals surface area (Å²) in [4.78, 5) is 24.6. The monoisotopic (exact) mass is 533 g/mol. The van der Waals surface area contributed by atoms with Gasteiger partial charge in [-0.1, -0.05) is 45.9 Å². The molecule has 1 atom stereocenters. The molecule has 5 nitrogen and oxygen atoms in total. The number of carbonyl (C=O) groups is 2. The molecule has 1 aliphatic rings. The summed E-state index contributed by atoms with van der Waals surface area (Å²) in [5.74, 6) is -0.642. The zero-order chi connectivity index (χ0) is 21.0. The van der Waals surface area contributed by atoms with E-state index in [4.69, 9.17) is 0 Å². The largest absolute Gasteiger partial charge is 0.324 e. The van der Waals surface area contributed by atoms with Crippen LogP contribution >= 0.6 is 43.6 Å². The second-order valence-electron chi connectivity index (χ2n) is 6.53. The quantitative estimate of drug-likeness (QED) is 0.550. The summed E-state index contributed by atoms with van der Waals surface area (Å²) < 4.78 is 1.68. The summed E-state index contributed by atoms with van der Waals surface area (Å²) in [7, 11) is 0. The van der Waals surface area contributed by atoms with E-state index < -0.39 is 0 Å². The number of hydrogen-bond acceptors (Lipinski definition) is 4. The molecule has 2 N–H and O–H groups in total. The first kappa shape index (κ1) is 21.6. The van der Waals surface area contributed by atoms with Crippen molar-refractivity contribution in [3.63, 3.8) is 0 Å². The molecule has 1 aliphatic heterocycles. The second-order valence-corrected chi connectivity index (χ2v) is 9.29. The SMILES string of the molecule is Cc1ccc(NC(=O)CSC2=C(C#N)[C@@H](c3cccc(Br)c3)CC(=O)N2)c(Br)c1. The molecule has 1 heterocycles. The summed E-state index contributed by atoms with van der Waals surface area (Å²) in [6.07, 6.45) is 0.200. The van der Waals surface area contributed by atoms with Crippen LogP contribution in [0, 0.1) is 18.3 Å². The molecule has 0 aliphatic carbocycles. The van der Waals surface area contributed by atoms with Gasteiger partial charge in [-0.3, -0.25) is 9.59 Å². The van der Waals surface area contributed by atoms with Gasteiger partial charge in [0.05, 0.1) is 28.1 Å². The predicted octanol–water partition coefficient (Wildman–Crippen LogP) is 5.23. The van der Waals surface area contributed by atoms with Gasteiger partial charge in [0.25, 0.3) is 0 Å². The molecule has 0 bridgehead atoms. The van der Waals surface area contributed by atoms with E-state index in [-0.39, 0.29) is 29.9 Å². The van der Waals surface area contributed by atoms with Crippen LogP contribution in [0.3, 0.4) is 0 Å². The lowest BCUT2D eigenvalue weighted by atomic mass is 9.87. The summed E-state index contributed by atoms with van der Waals surface area (Å²) in [5, 5.41) is 15.7. The maximum Gasteiger partial charge on any atom is 0.234 e. The molecule has 2 amide bonds. The highest BCUT2D eigenvalue weighted by Gasteiger charge is 2.30. The standard InChI is InChI=1S/C21H17Br2N3O2S/c1-12-5-6-18(17(23)7-12)25-20(28)11-29-21-16(10-24)15(9-19(27)26-21)13-3-2-4-14(22)8-13/h2-8,15H,9,11H2,1H3,(H,25,28)(H,26,27)/t15-/m1/s1. The van der Waals surface area contributed by atoms with Gasteiger partial charge >= 0.3 is 0 Å². The lowest BCUT2D eigenvalue weighted by molar-refractivity contribution is -0.121. The Labute approximate surface area is 190 Å². The summed E-state index contributed by atoms with van der Waals surface area (Å²) in [6.45, 7) is 1.97. The number of benzene rings is 2. The number of nitriles is 1. The Morgan fingerprint density at radius 1 is 1.31 bits per heavy atom. The number of aryl methyl sites for hydroxylation is 1. The van der Waals surface area contributed by atoms with Crippen molar-refractivity contribution in [2.24, 2.45) is 0 Å². The Hall–Kier alpha value is -2.08. The highest BCUT2D eigenvalue weighted by molar-refractivity contribution is 9.10.